The van der Waals surface area contributed by atoms with Crippen LogP contribution >= 0.6 is 0 Å². The van der Waals surface area contributed by atoms with Crippen LogP contribution in [-0.4, -0.2) is 27.1 Å². The van der Waals surface area contributed by atoms with E-state index in [1.807, 2.05) is 61.5 Å². The van der Waals surface area contributed by atoms with Gasteiger partial charge in [0, 0.05) is 5.39 Å². The van der Waals surface area contributed by atoms with Crippen molar-refractivity contribution in [2.24, 2.45) is 0 Å². The lowest BCUT2D eigenvalue weighted by atomic mass is 10.0. The fourth-order valence-corrected chi connectivity index (χ4v) is 4.22. The average Bonchev–Trinajstić information content (AvgIpc) is 2.71. The van der Waals surface area contributed by atoms with Crippen molar-refractivity contribution in [2.75, 3.05) is 17.1 Å². The first-order chi connectivity index (χ1) is 13.8. The van der Waals surface area contributed by atoms with E-state index in [-0.39, 0.29) is 18.5 Å². The quantitative estimate of drug-likeness (QED) is 0.639. The van der Waals surface area contributed by atoms with Gasteiger partial charge in [-0.05, 0) is 35.9 Å². The number of carbonyl (C=O) groups excluding carboxylic acids is 1. The van der Waals surface area contributed by atoms with E-state index in [0.717, 1.165) is 33.3 Å². The maximum atomic E-state index is 12.7. The van der Waals surface area contributed by atoms with Crippen LogP contribution in [-0.2, 0) is 21.2 Å². The van der Waals surface area contributed by atoms with Gasteiger partial charge in [0.25, 0.3) is 0 Å². The van der Waals surface area contributed by atoms with Crippen LogP contribution in [0.4, 0.5) is 5.69 Å². The topological polar surface area (TPSA) is 66.5 Å². The molecule has 0 aromatic heterocycles. The maximum absolute atomic E-state index is 12.7. The molecule has 6 heteroatoms. The standard InChI is InChI=1S/C23H26N2O3S/c1-4-18-12-14-19(15-13-18)17(2)24-23(26)16-25(29(3,27)28)22-11-7-9-20-8-5-6-10-21(20)22/h5-15,17H,4,16H2,1-3H3,(H,24,26)/t17-/m1/s1. The lowest BCUT2D eigenvalue weighted by Crippen LogP contribution is -2.41. The fourth-order valence-electron chi connectivity index (χ4n) is 3.35. The summed E-state index contributed by atoms with van der Waals surface area (Å²) in [5, 5.41) is 4.62. The number of carbonyl (C=O) groups is 1. The van der Waals surface area contributed by atoms with Gasteiger partial charge in [-0.25, -0.2) is 8.42 Å². The molecular formula is C23H26N2O3S. The van der Waals surface area contributed by atoms with Gasteiger partial charge in [0.1, 0.15) is 6.54 Å². The zero-order chi connectivity index (χ0) is 21.0. The Morgan fingerprint density at radius 2 is 1.66 bits per heavy atom. The first kappa shape index (κ1) is 20.9. The van der Waals surface area contributed by atoms with Gasteiger partial charge in [-0.1, -0.05) is 67.6 Å². The molecule has 0 radical (unpaired) electrons. The van der Waals surface area contributed by atoms with Crippen molar-refractivity contribution in [1.29, 1.82) is 0 Å². The molecule has 0 fully saturated rings. The molecule has 1 amide bonds. The van der Waals surface area contributed by atoms with Crippen molar-refractivity contribution in [2.45, 2.75) is 26.3 Å². The van der Waals surface area contributed by atoms with Crippen molar-refractivity contribution in [3.05, 3.63) is 77.9 Å². The number of hydrogen-bond donors (Lipinski definition) is 1. The number of aryl methyl sites for hydroxylation is 1. The van der Waals surface area contributed by atoms with Gasteiger partial charge in [0.15, 0.2) is 0 Å². The van der Waals surface area contributed by atoms with E-state index < -0.39 is 10.0 Å². The Labute approximate surface area is 172 Å². The molecule has 3 rings (SSSR count). The molecule has 0 saturated carbocycles. The first-order valence-corrected chi connectivity index (χ1v) is 11.5. The number of sulfonamides is 1. The van der Waals surface area contributed by atoms with Crippen LogP contribution in [0.1, 0.15) is 31.0 Å². The van der Waals surface area contributed by atoms with Gasteiger partial charge in [-0.3, -0.25) is 9.10 Å². The highest BCUT2D eigenvalue weighted by atomic mass is 32.2. The summed E-state index contributed by atoms with van der Waals surface area (Å²) >= 11 is 0. The second-order valence-electron chi connectivity index (χ2n) is 7.15. The van der Waals surface area contributed by atoms with Crippen molar-refractivity contribution >= 4 is 32.4 Å². The third-order valence-corrected chi connectivity index (χ3v) is 6.11. The summed E-state index contributed by atoms with van der Waals surface area (Å²) in [4.78, 5) is 12.7. The van der Waals surface area contributed by atoms with Gasteiger partial charge in [-0.15, -0.1) is 0 Å². The predicted octanol–water partition coefficient (Wildman–Crippen LogP) is 4.05. The van der Waals surface area contributed by atoms with E-state index in [4.69, 9.17) is 0 Å². The van der Waals surface area contributed by atoms with Crippen LogP contribution < -0.4 is 9.62 Å². The van der Waals surface area contributed by atoms with E-state index in [1.54, 1.807) is 12.1 Å². The van der Waals surface area contributed by atoms with Crippen molar-refractivity contribution in [1.82, 2.24) is 5.32 Å². The second kappa shape index (κ2) is 8.66. The van der Waals surface area contributed by atoms with Crippen LogP contribution in [0.25, 0.3) is 10.8 Å². The highest BCUT2D eigenvalue weighted by Crippen LogP contribution is 2.28. The normalized spacial score (nSPS) is 12.5. The Balaban J connectivity index is 1.82. The largest absolute Gasteiger partial charge is 0.348 e. The highest BCUT2D eigenvalue weighted by Gasteiger charge is 2.23. The summed E-state index contributed by atoms with van der Waals surface area (Å²) in [6.45, 7) is 3.71. The van der Waals surface area contributed by atoms with E-state index >= 15 is 0 Å². The minimum atomic E-state index is -3.64. The van der Waals surface area contributed by atoms with Crippen LogP contribution in [0.2, 0.25) is 0 Å². The third-order valence-electron chi connectivity index (χ3n) is 4.99. The Bertz CT molecular complexity index is 1100. The highest BCUT2D eigenvalue weighted by molar-refractivity contribution is 7.92. The molecule has 3 aromatic rings. The lowest BCUT2D eigenvalue weighted by Gasteiger charge is -2.24. The zero-order valence-corrected chi connectivity index (χ0v) is 17.7. The summed E-state index contributed by atoms with van der Waals surface area (Å²) in [7, 11) is -3.64. The Morgan fingerprint density at radius 1 is 1.00 bits per heavy atom. The third kappa shape index (κ3) is 4.95. The van der Waals surface area contributed by atoms with Gasteiger partial charge >= 0.3 is 0 Å². The molecule has 29 heavy (non-hydrogen) atoms. The van der Waals surface area contributed by atoms with Crippen molar-refractivity contribution < 1.29 is 13.2 Å². The Morgan fingerprint density at radius 3 is 2.31 bits per heavy atom. The smallest absolute Gasteiger partial charge is 0.241 e. The lowest BCUT2D eigenvalue weighted by molar-refractivity contribution is -0.120. The number of anilines is 1. The van der Waals surface area contributed by atoms with Crippen LogP contribution in [0.3, 0.4) is 0 Å². The van der Waals surface area contributed by atoms with Gasteiger partial charge < -0.3 is 5.32 Å². The fraction of sp³-hybridized carbons (Fsp3) is 0.261. The van der Waals surface area contributed by atoms with E-state index in [2.05, 4.69) is 12.2 Å². The van der Waals surface area contributed by atoms with E-state index in [0.29, 0.717) is 5.69 Å². The summed E-state index contributed by atoms with van der Waals surface area (Å²) in [5.74, 6) is -0.351. The summed E-state index contributed by atoms with van der Waals surface area (Å²) < 4.78 is 26.1. The molecule has 0 bridgehead atoms. The van der Waals surface area contributed by atoms with Crippen LogP contribution in [0, 0.1) is 0 Å². The Kier molecular flexibility index (Phi) is 6.23. The van der Waals surface area contributed by atoms with Gasteiger partial charge in [-0.2, -0.15) is 0 Å². The molecule has 1 N–H and O–H groups in total. The monoisotopic (exact) mass is 410 g/mol. The minimum Gasteiger partial charge on any atom is -0.348 e. The maximum Gasteiger partial charge on any atom is 0.241 e. The molecule has 0 aliphatic heterocycles. The van der Waals surface area contributed by atoms with E-state index in [1.165, 1.54) is 5.56 Å². The number of fused-ring (bicyclic) bond motifs is 1. The number of hydrogen-bond acceptors (Lipinski definition) is 3. The van der Waals surface area contributed by atoms with E-state index in [9.17, 15) is 13.2 Å². The summed E-state index contributed by atoms with van der Waals surface area (Å²) in [5.41, 5.74) is 2.71. The first-order valence-electron chi connectivity index (χ1n) is 9.63. The molecule has 5 nitrogen and oxygen atoms in total. The average molecular weight is 411 g/mol. The molecule has 0 unspecified atom stereocenters. The number of nitrogens with one attached hydrogen (secondary N) is 1. The van der Waals surface area contributed by atoms with Gasteiger partial charge in [0.05, 0.1) is 18.0 Å². The predicted molar refractivity (Wildman–Crippen MR) is 119 cm³/mol. The molecule has 0 spiro atoms. The molecule has 0 aliphatic carbocycles. The number of nitrogens with zero attached hydrogens (tertiary/aromatic N) is 1. The van der Waals surface area contributed by atoms with Crippen LogP contribution in [0.15, 0.2) is 66.7 Å². The molecule has 152 valence electrons. The van der Waals surface area contributed by atoms with Gasteiger partial charge in [0.2, 0.25) is 15.9 Å². The number of rotatable bonds is 7. The van der Waals surface area contributed by atoms with Crippen molar-refractivity contribution in [3.63, 3.8) is 0 Å². The molecular weight excluding hydrogens is 384 g/mol. The number of benzene rings is 3. The second-order valence-corrected chi connectivity index (χ2v) is 9.06. The summed E-state index contributed by atoms with van der Waals surface area (Å²) in [6.07, 6.45) is 2.07. The SMILES string of the molecule is CCc1ccc([C@@H](C)NC(=O)CN(c2cccc3ccccc23)S(C)(=O)=O)cc1. The molecule has 3 aromatic carbocycles. The molecule has 0 heterocycles. The Hall–Kier alpha value is -2.86. The molecule has 0 saturated heterocycles. The molecule has 1 atom stereocenters. The zero-order valence-electron chi connectivity index (χ0n) is 16.9. The van der Waals surface area contributed by atoms with Crippen LogP contribution in [0.5, 0.6) is 0 Å². The minimum absolute atomic E-state index is 0.220. The number of amides is 1. The molecule has 0 aliphatic rings. The summed E-state index contributed by atoms with van der Waals surface area (Å²) in [6, 6.07) is 20.8. The van der Waals surface area contributed by atoms with Crippen molar-refractivity contribution in [3.8, 4) is 0 Å².